The number of allylic oxidation sites excluding steroid dienone is 4. The molecule has 1 rings (SSSR count). The summed E-state index contributed by atoms with van der Waals surface area (Å²) in [6, 6.07) is 0. The Morgan fingerprint density at radius 1 is 1.70 bits per heavy atom. The maximum absolute atomic E-state index is 12.9. The number of rotatable bonds is 0. The summed E-state index contributed by atoms with van der Waals surface area (Å²) >= 11 is 2.04. The van der Waals surface area contributed by atoms with Crippen LogP contribution in [0.4, 0.5) is 4.39 Å². The molecule has 0 aliphatic heterocycles. The molecule has 0 bridgehead atoms. The lowest BCUT2D eigenvalue weighted by Gasteiger charge is -2.14. The molecule has 0 saturated carbocycles. The van der Waals surface area contributed by atoms with Crippen molar-refractivity contribution < 1.29 is 4.39 Å². The van der Waals surface area contributed by atoms with Crippen molar-refractivity contribution in [3.63, 3.8) is 0 Å². The Morgan fingerprint density at radius 3 is 2.80 bits per heavy atom. The molecule has 0 fully saturated rings. The van der Waals surface area contributed by atoms with Crippen LogP contribution in [0.2, 0.25) is 0 Å². The van der Waals surface area contributed by atoms with E-state index >= 15 is 0 Å². The first kappa shape index (κ1) is 8.24. The van der Waals surface area contributed by atoms with E-state index in [1.54, 1.807) is 0 Å². The summed E-state index contributed by atoms with van der Waals surface area (Å²) in [5.41, 5.74) is 0.888. The molecule has 0 aromatic heterocycles. The van der Waals surface area contributed by atoms with Crippen LogP contribution in [-0.2, 0) is 0 Å². The quantitative estimate of drug-likeness (QED) is 0.578. The molecule has 0 nitrogen and oxygen atoms in total. The fourth-order valence-electron chi connectivity index (χ4n) is 1.16. The minimum Gasteiger partial charge on any atom is -0.206 e. The summed E-state index contributed by atoms with van der Waals surface area (Å²) in [5, 5.41) is 0. The van der Waals surface area contributed by atoms with Crippen LogP contribution in [0.1, 0.15) is 20.3 Å². The maximum atomic E-state index is 12.9. The smallest absolute Gasteiger partial charge is 0.135 e. The van der Waals surface area contributed by atoms with Gasteiger partial charge in [-0.25, -0.2) is 4.39 Å². The lowest BCUT2D eigenvalue weighted by Crippen LogP contribution is -1.99. The van der Waals surface area contributed by atoms with Crippen molar-refractivity contribution in [3.05, 3.63) is 21.1 Å². The van der Waals surface area contributed by atoms with Crippen molar-refractivity contribution in [3.8, 4) is 0 Å². The summed E-state index contributed by atoms with van der Waals surface area (Å²) < 4.78 is 13.7. The third-order valence-corrected chi connectivity index (χ3v) is 2.48. The van der Waals surface area contributed by atoms with Gasteiger partial charge in [0.1, 0.15) is 5.83 Å². The average Bonchev–Trinajstić information content (AvgIpc) is 1.82. The van der Waals surface area contributed by atoms with Gasteiger partial charge in [-0.1, -0.05) is 13.0 Å². The predicted molar refractivity (Wildman–Crippen MR) is 49.7 cm³/mol. The molecule has 1 atom stereocenters. The number of halogens is 2. The molecule has 0 spiro atoms. The van der Waals surface area contributed by atoms with Gasteiger partial charge in [-0.2, -0.15) is 0 Å². The Kier molecular flexibility index (Phi) is 2.50. The third-order valence-electron chi connectivity index (χ3n) is 1.64. The van der Waals surface area contributed by atoms with E-state index in [0.717, 1.165) is 15.6 Å². The van der Waals surface area contributed by atoms with Crippen LogP contribution >= 0.6 is 22.6 Å². The summed E-state index contributed by atoms with van der Waals surface area (Å²) in [4.78, 5) is 0. The molecular weight excluding hydrogens is 242 g/mol. The lowest BCUT2D eigenvalue weighted by molar-refractivity contribution is 0.599. The van der Waals surface area contributed by atoms with Crippen molar-refractivity contribution in [1.29, 1.82) is 0 Å². The van der Waals surface area contributed by atoms with Crippen LogP contribution in [0.25, 0.3) is 0 Å². The Morgan fingerprint density at radius 2 is 2.30 bits per heavy atom. The van der Waals surface area contributed by atoms with E-state index in [9.17, 15) is 4.39 Å². The van der Waals surface area contributed by atoms with Gasteiger partial charge < -0.3 is 0 Å². The second kappa shape index (κ2) is 3.03. The highest BCUT2D eigenvalue weighted by Gasteiger charge is 2.14. The van der Waals surface area contributed by atoms with E-state index in [-0.39, 0.29) is 5.83 Å². The first-order chi connectivity index (χ1) is 4.61. The number of hydrogen-bond donors (Lipinski definition) is 0. The molecule has 1 aliphatic carbocycles. The molecule has 0 N–H and O–H groups in total. The highest BCUT2D eigenvalue weighted by molar-refractivity contribution is 14.1. The fraction of sp³-hybridized carbons (Fsp3) is 0.500. The number of hydrogen-bond acceptors (Lipinski definition) is 0. The van der Waals surface area contributed by atoms with Gasteiger partial charge in [0.25, 0.3) is 0 Å². The van der Waals surface area contributed by atoms with Crippen molar-refractivity contribution in [2.24, 2.45) is 5.92 Å². The molecule has 56 valence electrons. The Balaban J connectivity index is 2.90. The zero-order valence-electron chi connectivity index (χ0n) is 6.12. The standard InChI is InChI=1S/C8H10FI/c1-5-3-6(2)8(9)7(10)4-5/h4-5H,3H2,1-2H3. The van der Waals surface area contributed by atoms with E-state index in [1.807, 2.05) is 35.6 Å². The minimum atomic E-state index is -0.0151. The normalized spacial score (nSPS) is 26.8. The lowest BCUT2D eigenvalue weighted by atomic mass is 9.97. The van der Waals surface area contributed by atoms with Crippen LogP contribution in [0.3, 0.4) is 0 Å². The molecule has 1 aliphatic rings. The molecule has 2 heteroatoms. The zero-order valence-corrected chi connectivity index (χ0v) is 8.28. The Hall–Kier alpha value is 0.140. The third kappa shape index (κ3) is 1.59. The maximum Gasteiger partial charge on any atom is 0.135 e. The van der Waals surface area contributed by atoms with Crippen LogP contribution in [-0.4, -0.2) is 0 Å². The van der Waals surface area contributed by atoms with Crippen LogP contribution in [0.15, 0.2) is 21.1 Å². The molecule has 10 heavy (non-hydrogen) atoms. The molecule has 0 radical (unpaired) electrons. The van der Waals surface area contributed by atoms with E-state index < -0.39 is 0 Å². The van der Waals surface area contributed by atoms with Gasteiger partial charge in [0.15, 0.2) is 0 Å². The van der Waals surface area contributed by atoms with E-state index in [1.165, 1.54) is 0 Å². The molecule has 0 aromatic carbocycles. The summed E-state index contributed by atoms with van der Waals surface area (Å²) in [6.07, 6.45) is 2.85. The van der Waals surface area contributed by atoms with Crippen molar-refractivity contribution in [2.75, 3.05) is 0 Å². The summed E-state index contributed by atoms with van der Waals surface area (Å²) in [5.74, 6) is 0.491. The van der Waals surface area contributed by atoms with E-state index in [4.69, 9.17) is 0 Å². The van der Waals surface area contributed by atoms with Gasteiger partial charge in [-0.05, 0) is 47.4 Å². The summed E-state index contributed by atoms with van der Waals surface area (Å²) in [7, 11) is 0. The second-order valence-corrected chi connectivity index (χ2v) is 3.95. The Labute approximate surface area is 74.3 Å². The van der Waals surface area contributed by atoms with E-state index in [0.29, 0.717) is 5.92 Å². The van der Waals surface area contributed by atoms with Crippen LogP contribution in [0, 0.1) is 5.92 Å². The second-order valence-electron chi connectivity index (χ2n) is 2.79. The molecule has 1 unspecified atom stereocenters. The largest absolute Gasteiger partial charge is 0.206 e. The van der Waals surface area contributed by atoms with Crippen molar-refractivity contribution in [2.45, 2.75) is 20.3 Å². The van der Waals surface area contributed by atoms with Gasteiger partial charge in [0, 0.05) is 3.58 Å². The van der Waals surface area contributed by atoms with Gasteiger partial charge in [-0.15, -0.1) is 0 Å². The minimum absolute atomic E-state index is 0.0151. The summed E-state index contributed by atoms with van der Waals surface area (Å²) in [6.45, 7) is 3.96. The monoisotopic (exact) mass is 252 g/mol. The fourth-order valence-corrected chi connectivity index (χ4v) is 2.23. The Bertz CT molecular complexity index is 203. The van der Waals surface area contributed by atoms with Gasteiger partial charge in [-0.3, -0.25) is 0 Å². The van der Waals surface area contributed by atoms with Gasteiger partial charge >= 0.3 is 0 Å². The first-order valence-corrected chi connectivity index (χ1v) is 4.42. The molecule has 0 amide bonds. The molecule has 0 saturated heterocycles. The van der Waals surface area contributed by atoms with Gasteiger partial charge in [0.2, 0.25) is 0 Å². The van der Waals surface area contributed by atoms with E-state index in [2.05, 4.69) is 6.92 Å². The predicted octanol–water partition coefficient (Wildman–Crippen LogP) is 3.59. The van der Waals surface area contributed by atoms with Crippen molar-refractivity contribution >= 4 is 22.6 Å². The SMILES string of the molecule is CC1=C(F)C(I)=CC(C)C1. The van der Waals surface area contributed by atoms with Crippen LogP contribution in [0.5, 0.6) is 0 Å². The highest BCUT2D eigenvalue weighted by atomic mass is 127. The first-order valence-electron chi connectivity index (χ1n) is 3.34. The zero-order chi connectivity index (χ0) is 7.72. The van der Waals surface area contributed by atoms with Crippen LogP contribution < -0.4 is 0 Å². The molecule has 0 heterocycles. The van der Waals surface area contributed by atoms with Gasteiger partial charge in [0.05, 0.1) is 0 Å². The molecule has 0 aromatic rings. The topological polar surface area (TPSA) is 0 Å². The van der Waals surface area contributed by atoms with Crippen molar-refractivity contribution in [1.82, 2.24) is 0 Å². The highest BCUT2D eigenvalue weighted by Crippen LogP contribution is 2.32. The molecular formula is C8H10FI. The average molecular weight is 252 g/mol.